The first-order valence-corrected chi connectivity index (χ1v) is 7.63. The van der Waals surface area contributed by atoms with Crippen LogP contribution in [-0.2, 0) is 9.53 Å². The van der Waals surface area contributed by atoms with E-state index in [0.717, 1.165) is 38.4 Å². The van der Waals surface area contributed by atoms with Crippen LogP contribution >= 0.6 is 0 Å². The number of hydrogen-bond donors (Lipinski definition) is 1. The minimum Gasteiger partial charge on any atom is -0.468 e. The summed E-state index contributed by atoms with van der Waals surface area (Å²) in [6, 6.07) is 0.477. The Morgan fingerprint density at radius 2 is 2.21 bits per heavy atom. The van der Waals surface area contributed by atoms with Crippen molar-refractivity contribution in [2.24, 2.45) is 5.92 Å². The predicted octanol–water partition coefficient (Wildman–Crippen LogP) is 2.04. The number of piperidine rings is 1. The van der Waals surface area contributed by atoms with Crippen molar-refractivity contribution < 1.29 is 9.53 Å². The van der Waals surface area contributed by atoms with Gasteiger partial charge in [-0.1, -0.05) is 13.8 Å². The molecule has 0 radical (unpaired) electrons. The van der Waals surface area contributed by atoms with Crippen LogP contribution in [-0.4, -0.2) is 49.7 Å². The minimum absolute atomic E-state index is 0.133. The molecule has 1 saturated heterocycles. The summed E-state index contributed by atoms with van der Waals surface area (Å²) in [6.07, 6.45) is 4.41. The molecule has 0 saturated carbocycles. The van der Waals surface area contributed by atoms with Gasteiger partial charge < -0.3 is 15.0 Å². The molecule has 3 atom stereocenters. The highest BCUT2D eigenvalue weighted by Gasteiger charge is 2.25. The number of likely N-dealkylation sites (tertiary alicyclic amines) is 1. The zero-order valence-corrected chi connectivity index (χ0v) is 12.9. The molecule has 3 unspecified atom stereocenters. The van der Waals surface area contributed by atoms with Gasteiger partial charge in [0.25, 0.3) is 0 Å². The van der Waals surface area contributed by atoms with E-state index in [0.29, 0.717) is 6.04 Å². The van der Waals surface area contributed by atoms with Gasteiger partial charge in [0.2, 0.25) is 0 Å². The molecule has 0 aromatic rings. The molecule has 0 bridgehead atoms. The Morgan fingerprint density at radius 3 is 2.79 bits per heavy atom. The lowest BCUT2D eigenvalue weighted by atomic mass is 9.93. The molecule has 19 heavy (non-hydrogen) atoms. The van der Waals surface area contributed by atoms with Crippen molar-refractivity contribution >= 4 is 5.97 Å². The highest BCUT2D eigenvalue weighted by molar-refractivity contribution is 5.75. The largest absolute Gasteiger partial charge is 0.468 e. The maximum absolute atomic E-state index is 11.7. The fraction of sp³-hybridized carbons (Fsp3) is 0.933. The Balaban J connectivity index is 2.39. The average molecular weight is 270 g/mol. The van der Waals surface area contributed by atoms with Crippen molar-refractivity contribution in [3.05, 3.63) is 0 Å². The molecule has 0 aromatic heterocycles. The summed E-state index contributed by atoms with van der Waals surface area (Å²) in [5.41, 5.74) is 0. The number of hydrogen-bond acceptors (Lipinski definition) is 4. The first kappa shape index (κ1) is 16.4. The van der Waals surface area contributed by atoms with Gasteiger partial charge in [-0.2, -0.15) is 0 Å². The van der Waals surface area contributed by atoms with Gasteiger partial charge in [-0.05, 0) is 51.6 Å². The van der Waals surface area contributed by atoms with Crippen LogP contribution in [0.3, 0.4) is 0 Å². The van der Waals surface area contributed by atoms with Crippen molar-refractivity contribution in [3.63, 3.8) is 0 Å². The van der Waals surface area contributed by atoms with Crippen LogP contribution in [0.25, 0.3) is 0 Å². The van der Waals surface area contributed by atoms with Crippen LogP contribution in [0.15, 0.2) is 0 Å². The van der Waals surface area contributed by atoms with Crippen molar-refractivity contribution in [2.75, 3.05) is 26.7 Å². The molecule has 1 aliphatic heterocycles. The van der Waals surface area contributed by atoms with Gasteiger partial charge in [-0.3, -0.25) is 4.79 Å². The molecule has 1 fully saturated rings. The normalized spacial score (nSPS) is 26.1. The van der Waals surface area contributed by atoms with Crippen LogP contribution < -0.4 is 5.32 Å². The van der Waals surface area contributed by atoms with Crippen LogP contribution in [0.4, 0.5) is 0 Å². The first-order valence-electron chi connectivity index (χ1n) is 7.63. The maximum atomic E-state index is 11.7. The summed E-state index contributed by atoms with van der Waals surface area (Å²) in [6.45, 7) is 9.73. The SMILES string of the molecule is CCCNC(CCN1CCC(C)CC1C)C(=O)OC. The smallest absolute Gasteiger partial charge is 0.322 e. The van der Waals surface area contributed by atoms with E-state index in [4.69, 9.17) is 4.74 Å². The highest BCUT2D eigenvalue weighted by atomic mass is 16.5. The lowest BCUT2D eigenvalue weighted by Crippen LogP contribution is -2.45. The summed E-state index contributed by atoms with van der Waals surface area (Å²) in [5, 5.41) is 3.28. The third-order valence-electron chi connectivity index (χ3n) is 4.11. The summed E-state index contributed by atoms with van der Waals surface area (Å²) in [7, 11) is 1.47. The molecule has 0 aliphatic carbocycles. The number of nitrogens with one attached hydrogen (secondary N) is 1. The molecular weight excluding hydrogens is 240 g/mol. The Labute approximate surface area is 117 Å². The van der Waals surface area contributed by atoms with Gasteiger partial charge in [-0.25, -0.2) is 0 Å². The second-order valence-electron chi connectivity index (χ2n) is 5.83. The molecule has 0 aromatic carbocycles. The zero-order chi connectivity index (χ0) is 14.3. The minimum atomic E-state index is -0.156. The van der Waals surface area contributed by atoms with Crippen molar-refractivity contribution in [1.82, 2.24) is 10.2 Å². The second kappa shape index (κ2) is 8.54. The molecule has 0 amide bonds. The number of carbonyl (C=O) groups is 1. The zero-order valence-electron chi connectivity index (χ0n) is 12.9. The van der Waals surface area contributed by atoms with Crippen LogP contribution in [0.5, 0.6) is 0 Å². The number of nitrogens with zero attached hydrogens (tertiary/aromatic N) is 1. The Bertz CT molecular complexity index is 271. The van der Waals surface area contributed by atoms with Gasteiger partial charge in [-0.15, -0.1) is 0 Å². The number of methoxy groups -OCH3 is 1. The van der Waals surface area contributed by atoms with E-state index in [1.54, 1.807) is 0 Å². The van der Waals surface area contributed by atoms with E-state index in [9.17, 15) is 4.79 Å². The van der Waals surface area contributed by atoms with Crippen molar-refractivity contribution in [1.29, 1.82) is 0 Å². The monoisotopic (exact) mass is 270 g/mol. The summed E-state index contributed by atoms with van der Waals surface area (Å²) >= 11 is 0. The van der Waals surface area contributed by atoms with Gasteiger partial charge in [0.05, 0.1) is 7.11 Å². The molecule has 4 heteroatoms. The number of carbonyl (C=O) groups excluding carboxylic acids is 1. The van der Waals surface area contributed by atoms with Crippen molar-refractivity contribution in [2.45, 2.75) is 58.5 Å². The lowest BCUT2D eigenvalue weighted by Gasteiger charge is -2.37. The summed E-state index contributed by atoms with van der Waals surface area (Å²) in [4.78, 5) is 14.2. The molecule has 1 rings (SSSR count). The van der Waals surface area contributed by atoms with Crippen LogP contribution in [0.1, 0.15) is 46.5 Å². The maximum Gasteiger partial charge on any atom is 0.322 e. The molecular formula is C15H30N2O2. The number of esters is 1. The van der Waals surface area contributed by atoms with Gasteiger partial charge >= 0.3 is 5.97 Å². The summed E-state index contributed by atoms with van der Waals surface area (Å²) in [5.74, 6) is 0.701. The van der Waals surface area contributed by atoms with E-state index in [2.05, 4.69) is 31.0 Å². The first-order chi connectivity index (χ1) is 9.08. The van der Waals surface area contributed by atoms with E-state index < -0.39 is 0 Å². The third kappa shape index (κ3) is 5.49. The van der Waals surface area contributed by atoms with E-state index in [1.165, 1.54) is 20.0 Å². The van der Waals surface area contributed by atoms with Gasteiger partial charge in [0, 0.05) is 12.6 Å². The molecule has 4 nitrogen and oxygen atoms in total. The Hall–Kier alpha value is -0.610. The van der Waals surface area contributed by atoms with E-state index in [-0.39, 0.29) is 12.0 Å². The Morgan fingerprint density at radius 1 is 1.47 bits per heavy atom. The average Bonchev–Trinajstić information content (AvgIpc) is 2.40. The fourth-order valence-electron chi connectivity index (χ4n) is 2.85. The molecule has 1 aliphatic rings. The highest BCUT2D eigenvalue weighted by Crippen LogP contribution is 2.22. The molecule has 112 valence electrons. The predicted molar refractivity (Wildman–Crippen MR) is 78.1 cm³/mol. The van der Waals surface area contributed by atoms with Gasteiger partial charge in [0.15, 0.2) is 0 Å². The van der Waals surface area contributed by atoms with Gasteiger partial charge in [0.1, 0.15) is 6.04 Å². The van der Waals surface area contributed by atoms with Crippen LogP contribution in [0, 0.1) is 5.92 Å². The fourth-order valence-corrected chi connectivity index (χ4v) is 2.85. The second-order valence-corrected chi connectivity index (χ2v) is 5.83. The standard InChI is InChI=1S/C15H30N2O2/c1-5-8-16-14(15(18)19-4)7-10-17-9-6-12(2)11-13(17)3/h12-14,16H,5-11H2,1-4H3. The lowest BCUT2D eigenvalue weighted by molar-refractivity contribution is -0.143. The Kier molecular flexibility index (Phi) is 7.39. The molecule has 1 N–H and O–H groups in total. The van der Waals surface area contributed by atoms with E-state index >= 15 is 0 Å². The number of ether oxygens (including phenoxy) is 1. The quantitative estimate of drug-likeness (QED) is 0.719. The molecule has 0 spiro atoms. The van der Waals surface area contributed by atoms with Crippen molar-refractivity contribution in [3.8, 4) is 0 Å². The number of rotatable bonds is 7. The van der Waals surface area contributed by atoms with Crippen LogP contribution in [0.2, 0.25) is 0 Å². The van der Waals surface area contributed by atoms with E-state index in [1.807, 2.05) is 0 Å². The molecule has 1 heterocycles. The topological polar surface area (TPSA) is 41.6 Å². The summed E-state index contributed by atoms with van der Waals surface area (Å²) < 4.78 is 4.87. The third-order valence-corrected chi connectivity index (χ3v) is 4.11.